The Morgan fingerprint density at radius 1 is 1.16 bits per heavy atom. The molecule has 0 unspecified atom stereocenters. The van der Waals surface area contributed by atoms with Gasteiger partial charge in [0.1, 0.15) is 18.2 Å². The zero-order valence-corrected chi connectivity index (χ0v) is 25.0. The minimum Gasteiger partial charge on any atom is -0.475 e. The fourth-order valence-electron chi connectivity index (χ4n) is 6.83. The van der Waals surface area contributed by atoms with Crippen LogP contribution in [-0.4, -0.2) is 79.2 Å². The number of likely N-dealkylation sites (tertiary alicyclic amines) is 1. The van der Waals surface area contributed by atoms with Crippen molar-refractivity contribution in [3.63, 3.8) is 0 Å². The lowest BCUT2D eigenvalue weighted by Gasteiger charge is -2.42. The van der Waals surface area contributed by atoms with E-state index in [1.807, 2.05) is 17.9 Å². The van der Waals surface area contributed by atoms with Crippen LogP contribution in [0.25, 0.3) is 10.8 Å². The summed E-state index contributed by atoms with van der Waals surface area (Å²) in [5, 5.41) is 11.3. The van der Waals surface area contributed by atoms with Gasteiger partial charge in [-0.25, -0.2) is 18.2 Å². The predicted octanol–water partition coefficient (Wildman–Crippen LogP) is 4.94. The second kappa shape index (κ2) is 12.0. The van der Waals surface area contributed by atoms with Crippen LogP contribution in [0.1, 0.15) is 36.6 Å². The number of rotatable bonds is 6. The Bertz CT molecular complexity index is 1670. The normalized spacial score (nSPS) is 20.5. The van der Waals surface area contributed by atoms with Gasteiger partial charge in [0.05, 0.1) is 17.9 Å². The summed E-state index contributed by atoms with van der Waals surface area (Å²) >= 11 is 0. The number of nitriles is 1. The highest BCUT2D eigenvalue weighted by Crippen LogP contribution is 2.40. The molecule has 0 saturated carbocycles. The van der Waals surface area contributed by atoms with Crippen molar-refractivity contribution in [2.75, 3.05) is 56.2 Å². The lowest BCUT2D eigenvalue weighted by molar-refractivity contribution is -0.131. The average Bonchev–Trinajstić information content (AvgIpc) is 3.44. The van der Waals surface area contributed by atoms with Crippen molar-refractivity contribution in [1.82, 2.24) is 14.8 Å². The van der Waals surface area contributed by atoms with Gasteiger partial charge >= 0.3 is 0 Å². The Morgan fingerprint density at radius 2 is 1.98 bits per heavy atom. The number of piperazine rings is 1. The van der Waals surface area contributed by atoms with Gasteiger partial charge in [-0.15, -0.1) is 0 Å². The third-order valence-electron chi connectivity index (χ3n) is 9.18. The molecule has 3 aliphatic rings. The van der Waals surface area contributed by atoms with Gasteiger partial charge in [0.2, 0.25) is 5.88 Å². The molecule has 44 heavy (non-hydrogen) atoms. The van der Waals surface area contributed by atoms with Crippen LogP contribution in [0.3, 0.4) is 0 Å². The lowest BCUT2D eigenvalue weighted by Crippen LogP contribution is -2.54. The number of likely N-dealkylation sites (N-methyl/N-ethyl adjacent to an activating group) is 1. The van der Waals surface area contributed by atoms with E-state index in [0.717, 1.165) is 31.0 Å². The highest BCUT2D eigenvalue weighted by atomic mass is 19.2. The third-order valence-corrected chi connectivity index (χ3v) is 9.18. The number of fused-ring (bicyclic) bond motifs is 2. The van der Waals surface area contributed by atoms with Crippen LogP contribution in [-0.2, 0) is 17.8 Å². The average molecular weight is 605 g/mol. The molecule has 11 heteroatoms. The number of halogens is 3. The molecule has 0 aliphatic carbocycles. The predicted molar refractivity (Wildman–Crippen MR) is 162 cm³/mol. The van der Waals surface area contributed by atoms with Crippen molar-refractivity contribution in [2.24, 2.45) is 0 Å². The molecule has 3 aromatic rings. The van der Waals surface area contributed by atoms with Gasteiger partial charge in [-0.3, -0.25) is 4.79 Å². The van der Waals surface area contributed by atoms with E-state index >= 15 is 4.39 Å². The van der Waals surface area contributed by atoms with E-state index in [-0.39, 0.29) is 29.9 Å². The molecule has 0 bridgehead atoms. The molecule has 2 aromatic carbocycles. The summed E-state index contributed by atoms with van der Waals surface area (Å²) in [5.74, 6) is -3.28. The number of anilines is 2. The summed E-state index contributed by atoms with van der Waals surface area (Å²) in [7, 11) is 2.05. The standard InChI is InChI=1S/C33H35F3N6O2/c1-20-17-41(14-15-42(20)33(43)21(2)34)31-24-11-13-40(28-8-4-6-22-9-10-26(35)30(36)29(22)28)18-27(24)38-32(25(31)16-37)44-19-23-7-5-12-39(23)3/h4,6,8-10,20,23H,2,5,7,11-15,17-19H2,1,3H3/t20-,23-/m0/s1. The summed E-state index contributed by atoms with van der Waals surface area (Å²) in [4.78, 5) is 25.0. The van der Waals surface area contributed by atoms with Gasteiger partial charge in [-0.2, -0.15) is 5.26 Å². The number of carbonyl (C=O) groups is 1. The van der Waals surface area contributed by atoms with Crippen LogP contribution in [0.4, 0.5) is 24.5 Å². The van der Waals surface area contributed by atoms with Crippen molar-refractivity contribution in [1.29, 1.82) is 5.26 Å². The second-order valence-corrected chi connectivity index (χ2v) is 11.9. The minimum absolute atomic E-state index is 0.205. The SMILES string of the molecule is C=C(F)C(=O)N1CCN(c2c(C#N)c(OC[C@@H]3CCCN3C)nc3c2CCN(c2cccc4ccc(F)c(F)c24)C3)C[C@@H]1C. The molecule has 1 aromatic heterocycles. The molecule has 2 atom stereocenters. The zero-order valence-electron chi connectivity index (χ0n) is 25.0. The number of hydrogen-bond acceptors (Lipinski definition) is 7. The Hall–Kier alpha value is -4.30. The van der Waals surface area contributed by atoms with Crippen molar-refractivity contribution >= 4 is 28.1 Å². The maximum absolute atomic E-state index is 15.1. The number of nitrogens with zero attached hydrogens (tertiary/aromatic N) is 6. The number of carbonyl (C=O) groups excluding carboxylic acids is 1. The number of amides is 1. The molecule has 4 heterocycles. The summed E-state index contributed by atoms with van der Waals surface area (Å²) in [5.41, 5.74) is 3.19. The van der Waals surface area contributed by atoms with Crippen LogP contribution in [0.2, 0.25) is 0 Å². The van der Waals surface area contributed by atoms with Gasteiger partial charge in [0, 0.05) is 54.9 Å². The number of aromatic nitrogens is 1. The van der Waals surface area contributed by atoms with E-state index in [1.165, 1.54) is 4.90 Å². The maximum atomic E-state index is 15.1. The van der Waals surface area contributed by atoms with Crippen LogP contribution in [0.5, 0.6) is 5.88 Å². The zero-order chi connectivity index (χ0) is 31.1. The van der Waals surface area contributed by atoms with Crippen LogP contribution in [0.15, 0.2) is 42.7 Å². The van der Waals surface area contributed by atoms with Crippen molar-refractivity contribution < 1.29 is 22.7 Å². The van der Waals surface area contributed by atoms with E-state index in [0.29, 0.717) is 67.2 Å². The first-order valence-corrected chi connectivity index (χ1v) is 15.0. The van der Waals surface area contributed by atoms with E-state index in [4.69, 9.17) is 9.72 Å². The van der Waals surface area contributed by atoms with Gasteiger partial charge in [-0.05, 0) is 57.3 Å². The quantitative estimate of drug-likeness (QED) is 0.369. The van der Waals surface area contributed by atoms with Crippen LogP contribution >= 0.6 is 0 Å². The Morgan fingerprint density at radius 3 is 2.68 bits per heavy atom. The van der Waals surface area contributed by atoms with Gasteiger partial charge < -0.3 is 24.3 Å². The molecule has 2 saturated heterocycles. The molecule has 3 aliphatic heterocycles. The highest BCUT2D eigenvalue weighted by molar-refractivity contribution is 5.95. The number of ether oxygens (including phenoxy) is 1. The molecule has 2 fully saturated rings. The van der Waals surface area contributed by atoms with Crippen molar-refractivity contribution in [3.8, 4) is 11.9 Å². The second-order valence-electron chi connectivity index (χ2n) is 11.9. The molecular weight excluding hydrogens is 569 g/mol. The summed E-state index contributed by atoms with van der Waals surface area (Å²) in [6.45, 7) is 8.19. The number of benzene rings is 2. The van der Waals surface area contributed by atoms with E-state index in [2.05, 4.69) is 29.5 Å². The maximum Gasteiger partial charge on any atom is 0.282 e. The summed E-state index contributed by atoms with van der Waals surface area (Å²) in [6, 6.07) is 10.3. The fraction of sp³-hybridized carbons (Fsp3) is 0.424. The highest BCUT2D eigenvalue weighted by Gasteiger charge is 2.35. The molecule has 0 spiro atoms. The fourth-order valence-corrected chi connectivity index (χ4v) is 6.83. The smallest absolute Gasteiger partial charge is 0.282 e. The molecular formula is C33H35F3N6O2. The first kappa shape index (κ1) is 29.8. The van der Waals surface area contributed by atoms with Gasteiger partial charge in [-0.1, -0.05) is 24.8 Å². The van der Waals surface area contributed by atoms with Crippen molar-refractivity contribution in [3.05, 3.63) is 71.2 Å². The summed E-state index contributed by atoms with van der Waals surface area (Å²) in [6.07, 6.45) is 2.56. The summed E-state index contributed by atoms with van der Waals surface area (Å²) < 4.78 is 49.4. The van der Waals surface area contributed by atoms with Gasteiger partial charge in [0.25, 0.3) is 5.91 Å². The molecule has 1 amide bonds. The number of hydrogen-bond donors (Lipinski definition) is 0. The van der Waals surface area contributed by atoms with E-state index in [1.54, 1.807) is 18.2 Å². The first-order chi connectivity index (χ1) is 21.2. The van der Waals surface area contributed by atoms with Crippen molar-refractivity contribution in [2.45, 2.75) is 44.8 Å². The lowest BCUT2D eigenvalue weighted by atomic mass is 9.96. The van der Waals surface area contributed by atoms with Crippen LogP contribution < -0.4 is 14.5 Å². The van der Waals surface area contributed by atoms with Crippen LogP contribution in [0, 0.1) is 23.0 Å². The van der Waals surface area contributed by atoms with E-state index in [9.17, 15) is 18.8 Å². The molecule has 0 radical (unpaired) electrons. The third kappa shape index (κ3) is 5.32. The topological polar surface area (TPSA) is 75.9 Å². The van der Waals surface area contributed by atoms with E-state index < -0.39 is 23.4 Å². The monoisotopic (exact) mass is 604 g/mol. The molecule has 6 rings (SSSR count). The molecule has 8 nitrogen and oxygen atoms in total. The molecule has 230 valence electrons. The first-order valence-electron chi connectivity index (χ1n) is 15.0. The Labute approximate surface area is 254 Å². The Balaban J connectivity index is 1.39. The minimum atomic E-state index is -0.998. The van der Waals surface area contributed by atoms with Gasteiger partial charge in [0.15, 0.2) is 17.5 Å². The largest absolute Gasteiger partial charge is 0.475 e. The molecule has 0 N–H and O–H groups in total. The number of pyridine rings is 1. The Kier molecular flexibility index (Phi) is 8.12.